The highest BCUT2D eigenvalue weighted by molar-refractivity contribution is 7.19. The highest BCUT2D eigenvalue weighted by Crippen LogP contribution is 2.40. The van der Waals surface area contributed by atoms with Crippen molar-refractivity contribution in [2.75, 3.05) is 6.54 Å². The minimum Gasteiger partial charge on any atom is -0.352 e. The molecule has 6 heteroatoms. The van der Waals surface area contributed by atoms with Gasteiger partial charge in [-0.05, 0) is 49.6 Å². The second-order valence-corrected chi connectivity index (χ2v) is 7.61. The van der Waals surface area contributed by atoms with E-state index in [9.17, 15) is 0 Å². The average Bonchev–Trinajstić information content (AvgIpc) is 3.08. The van der Waals surface area contributed by atoms with Crippen LogP contribution in [-0.4, -0.2) is 11.5 Å². The average molecular weight is 374 g/mol. The number of nitrogens with two attached hydrogens (primary N) is 1. The minimum absolute atomic E-state index is 0.555. The molecule has 0 aliphatic carbocycles. The van der Waals surface area contributed by atoms with E-state index in [0.717, 1.165) is 45.1 Å². The third-order valence-electron chi connectivity index (χ3n) is 3.67. The summed E-state index contributed by atoms with van der Waals surface area (Å²) in [4.78, 5) is 4.54. The summed E-state index contributed by atoms with van der Waals surface area (Å²) in [7, 11) is 0. The molecule has 0 atom stereocenters. The summed E-state index contributed by atoms with van der Waals surface area (Å²) in [5, 5.41) is 2.23. The van der Waals surface area contributed by atoms with Gasteiger partial charge in [-0.15, -0.1) is 11.3 Å². The van der Waals surface area contributed by atoms with Crippen LogP contribution in [-0.2, 0) is 6.42 Å². The smallest absolute Gasteiger partial charge is 0.0935 e. The first-order chi connectivity index (χ1) is 10.6. The van der Waals surface area contributed by atoms with Gasteiger partial charge in [0.2, 0.25) is 0 Å². The zero-order chi connectivity index (χ0) is 15.7. The van der Waals surface area contributed by atoms with Gasteiger partial charge in [0.1, 0.15) is 0 Å². The third-order valence-corrected chi connectivity index (χ3v) is 5.73. The van der Waals surface area contributed by atoms with E-state index >= 15 is 0 Å². The summed E-state index contributed by atoms with van der Waals surface area (Å²) < 4.78 is 0.769. The number of aromatic nitrogens is 1. The lowest BCUT2D eigenvalue weighted by atomic mass is 10.0. The van der Waals surface area contributed by atoms with E-state index in [2.05, 4.69) is 4.98 Å². The molecule has 0 bridgehead atoms. The van der Waals surface area contributed by atoms with Crippen molar-refractivity contribution in [3.8, 4) is 10.6 Å². The Morgan fingerprint density at radius 3 is 2.55 bits per heavy atom. The van der Waals surface area contributed by atoms with Crippen LogP contribution in [0.15, 0.2) is 24.3 Å². The summed E-state index contributed by atoms with van der Waals surface area (Å²) in [6.45, 7) is 0.703. The summed E-state index contributed by atoms with van der Waals surface area (Å²) in [6.07, 6.45) is 2.98. The third kappa shape index (κ3) is 3.01. The van der Waals surface area contributed by atoms with Crippen molar-refractivity contribution in [1.82, 2.24) is 4.98 Å². The molecule has 116 valence electrons. The van der Waals surface area contributed by atoms with Crippen molar-refractivity contribution in [2.24, 2.45) is 5.73 Å². The number of aryl methyl sites for hydroxylation is 1. The number of nitrogens with one attached hydrogen (secondary N) is 1. The summed E-state index contributed by atoms with van der Waals surface area (Å²) in [5.74, 6) is 0. The van der Waals surface area contributed by atoms with Crippen molar-refractivity contribution in [3.05, 3.63) is 44.2 Å². The maximum absolute atomic E-state index is 6.36. The number of rotatable bonds is 5. The van der Waals surface area contributed by atoms with Crippen molar-refractivity contribution in [1.29, 1.82) is 0 Å². The second kappa shape index (κ2) is 6.81. The van der Waals surface area contributed by atoms with Gasteiger partial charge in [-0.25, -0.2) is 0 Å². The maximum Gasteiger partial charge on any atom is 0.0935 e. The fourth-order valence-corrected chi connectivity index (χ4v) is 4.06. The van der Waals surface area contributed by atoms with E-state index < -0.39 is 0 Å². The number of benzene rings is 1. The molecule has 2 heterocycles. The zero-order valence-corrected chi connectivity index (χ0v) is 14.8. The molecule has 3 N–H and O–H groups in total. The normalized spacial score (nSPS) is 11.5. The number of halogens is 3. The molecule has 0 aliphatic rings. The number of thiophene rings is 1. The molecule has 0 fully saturated rings. The van der Waals surface area contributed by atoms with Crippen LogP contribution in [0.4, 0.5) is 0 Å². The van der Waals surface area contributed by atoms with Gasteiger partial charge in [0.05, 0.1) is 30.5 Å². The highest BCUT2D eigenvalue weighted by Gasteiger charge is 2.17. The molecule has 0 saturated carbocycles. The van der Waals surface area contributed by atoms with Crippen LogP contribution in [0, 0.1) is 0 Å². The van der Waals surface area contributed by atoms with Crippen molar-refractivity contribution < 1.29 is 0 Å². The van der Waals surface area contributed by atoms with Gasteiger partial charge in [-0.3, -0.25) is 0 Å². The number of unbranched alkanes of at least 4 members (excludes halogenated alkanes) is 1. The topological polar surface area (TPSA) is 41.8 Å². The van der Waals surface area contributed by atoms with E-state index in [-0.39, 0.29) is 0 Å². The SMILES string of the molecule is NCCCCc1c(-c2ccc(Cl)s2)[nH]c2c(Cl)c(Cl)ccc12. The molecule has 0 amide bonds. The number of aromatic amines is 1. The monoisotopic (exact) mass is 372 g/mol. The second-order valence-electron chi connectivity index (χ2n) is 5.11. The number of hydrogen-bond donors (Lipinski definition) is 2. The Balaban J connectivity index is 2.16. The Bertz CT molecular complexity index is 807. The van der Waals surface area contributed by atoms with Crippen molar-refractivity contribution in [2.45, 2.75) is 19.3 Å². The Hall–Kier alpha value is -0.710. The number of H-pyrrole nitrogens is 1. The molecule has 2 nitrogen and oxygen atoms in total. The van der Waals surface area contributed by atoms with Gasteiger partial charge in [-0.1, -0.05) is 40.9 Å². The number of hydrogen-bond acceptors (Lipinski definition) is 2. The fraction of sp³-hybridized carbons (Fsp3) is 0.250. The van der Waals surface area contributed by atoms with Gasteiger partial charge in [-0.2, -0.15) is 0 Å². The van der Waals surface area contributed by atoms with Crippen LogP contribution in [0.3, 0.4) is 0 Å². The van der Waals surface area contributed by atoms with E-state index in [0.29, 0.717) is 16.6 Å². The molecule has 3 rings (SSSR count). The van der Waals surface area contributed by atoms with Gasteiger partial charge in [0, 0.05) is 5.39 Å². The zero-order valence-electron chi connectivity index (χ0n) is 11.8. The summed E-state index contributed by atoms with van der Waals surface area (Å²) in [5.41, 5.74) is 8.83. The van der Waals surface area contributed by atoms with Crippen LogP contribution in [0.2, 0.25) is 14.4 Å². The van der Waals surface area contributed by atoms with E-state index in [1.54, 1.807) is 11.3 Å². The van der Waals surface area contributed by atoms with Crippen LogP contribution >= 0.6 is 46.1 Å². The lowest BCUT2D eigenvalue weighted by Crippen LogP contribution is -1.99. The molecule has 1 aromatic carbocycles. The minimum atomic E-state index is 0.555. The molecule has 22 heavy (non-hydrogen) atoms. The van der Waals surface area contributed by atoms with Crippen molar-refractivity contribution in [3.63, 3.8) is 0 Å². The predicted molar refractivity (Wildman–Crippen MR) is 98.6 cm³/mol. The van der Waals surface area contributed by atoms with Gasteiger partial charge in [0.25, 0.3) is 0 Å². The maximum atomic E-state index is 6.36. The first-order valence-corrected chi connectivity index (χ1v) is 9.01. The quantitative estimate of drug-likeness (QED) is 0.518. The number of fused-ring (bicyclic) bond motifs is 1. The summed E-state index contributed by atoms with van der Waals surface area (Å²) >= 11 is 20.1. The Morgan fingerprint density at radius 2 is 1.86 bits per heavy atom. The molecule has 0 saturated heterocycles. The van der Waals surface area contributed by atoms with Gasteiger partial charge < -0.3 is 10.7 Å². The summed E-state index contributed by atoms with van der Waals surface area (Å²) in [6, 6.07) is 7.80. The largest absolute Gasteiger partial charge is 0.352 e. The molecular weight excluding hydrogens is 359 g/mol. The lowest BCUT2D eigenvalue weighted by molar-refractivity contribution is 0.748. The molecule has 0 spiro atoms. The van der Waals surface area contributed by atoms with Crippen LogP contribution < -0.4 is 5.73 Å². The Kier molecular flexibility index (Phi) is 5.00. The van der Waals surface area contributed by atoms with Crippen LogP contribution in [0.1, 0.15) is 18.4 Å². The standard InChI is InChI=1S/C16H15Cl3N2S/c17-11-5-4-10-9(3-1-2-8-20)15(21-16(10)14(11)19)12-6-7-13(18)22-12/h4-7,21H,1-3,8,20H2. The first kappa shape index (κ1) is 16.2. The highest BCUT2D eigenvalue weighted by atomic mass is 35.5. The molecule has 0 aliphatic heterocycles. The molecule has 3 aromatic rings. The first-order valence-electron chi connectivity index (χ1n) is 7.06. The Morgan fingerprint density at radius 1 is 1.05 bits per heavy atom. The van der Waals surface area contributed by atoms with Crippen LogP contribution in [0.25, 0.3) is 21.5 Å². The lowest BCUT2D eigenvalue weighted by Gasteiger charge is -2.03. The molecule has 2 aromatic heterocycles. The predicted octanol–water partition coefficient (Wildman–Crippen LogP) is 6.14. The fourth-order valence-electron chi connectivity index (χ4n) is 2.62. The molecular formula is C16H15Cl3N2S. The van der Waals surface area contributed by atoms with E-state index in [1.165, 1.54) is 5.56 Å². The molecule has 0 unspecified atom stereocenters. The van der Waals surface area contributed by atoms with Gasteiger partial charge >= 0.3 is 0 Å². The van der Waals surface area contributed by atoms with Crippen molar-refractivity contribution >= 4 is 57.0 Å². The van der Waals surface area contributed by atoms with Crippen LogP contribution in [0.5, 0.6) is 0 Å². The van der Waals surface area contributed by atoms with Gasteiger partial charge in [0.15, 0.2) is 0 Å². The Labute approximate surface area is 148 Å². The van der Waals surface area contributed by atoms with E-state index in [4.69, 9.17) is 40.5 Å². The van der Waals surface area contributed by atoms with E-state index in [1.807, 2.05) is 24.3 Å². The molecule has 0 radical (unpaired) electrons.